The molecular formula is C18H19ClN2O4. The average Bonchev–Trinajstić information content (AvgIpc) is 2.60. The standard InChI is InChI=1S/C18H19ClN2O4/c1-11(17(20)22)21-18(23)13-5-8-15(16(9-13)24-2)25-10-12-3-6-14(19)7-4-12/h3-9,11H,10H2,1-2H3,(H2,20,22)(H,21,23). The van der Waals surface area contributed by atoms with Crippen molar-refractivity contribution in [2.24, 2.45) is 5.73 Å². The molecule has 0 spiro atoms. The Morgan fingerprint density at radius 2 is 1.84 bits per heavy atom. The smallest absolute Gasteiger partial charge is 0.252 e. The van der Waals surface area contributed by atoms with Crippen LogP contribution >= 0.6 is 11.6 Å². The second-order valence-corrected chi connectivity index (χ2v) is 5.81. The van der Waals surface area contributed by atoms with E-state index in [1.807, 2.05) is 12.1 Å². The predicted octanol–water partition coefficient (Wildman–Crippen LogP) is 2.53. The van der Waals surface area contributed by atoms with E-state index in [1.54, 1.807) is 30.3 Å². The van der Waals surface area contributed by atoms with Crippen molar-refractivity contribution in [3.8, 4) is 11.5 Å². The maximum Gasteiger partial charge on any atom is 0.252 e. The molecule has 1 atom stereocenters. The summed E-state index contributed by atoms with van der Waals surface area (Å²) in [6.45, 7) is 1.85. The Bertz CT molecular complexity index is 762. The van der Waals surface area contributed by atoms with Gasteiger partial charge in [0.05, 0.1) is 7.11 Å². The van der Waals surface area contributed by atoms with Crippen molar-refractivity contribution in [3.63, 3.8) is 0 Å². The topological polar surface area (TPSA) is 90.6 Å². The maximum atomic E-state index is 12.1. The van der Waals surface area contributed by atoms with Crippen molar-refractivity contribution in [2.75, 3.05) is 7.11 Å². The molecule has 132 valence electrons. The Morgan fingerprint density at radius 1 is 1.16 bits per heavy atom. The van der Waals surface area contributed by atoms with Crippen LogP contribution in [0.3, 0.4) is 0 Å². The zero-order valence-electron chi connectivity index (χ0n) is 13.9. The number of rotatable bonds is 7. The van der Waals surface area contributed by atoms with Gasteiger partial charge in [-0.25, -0.2) is 0 Å². The summed E-state index contributed by atoms with van der Waals surface area (Å²) < 4.78 is 11.0. The van der Waals surface area contributed by atoms with Crippen LogP contribution < -0.4 is 20.5 Å². The summed E-state index contributed by atoms with van der Waals surface area (Å²) in [6, 6.07) is 11.3. The van der Waals surface area contributed by atoms with Crippen LogP contribution in [0.15, 0.2) is 42.5 Å². The Kier molecular flexibility index (Phi) is 6.25. The number of hydrogen-bond donors (Lipinski definition) is 2. The third-order valence-corrected chi connectivity index (χ3v) is 3.76. The maximum absolute atomic E-state index is 12.1. The summed E-state index contributed by atoms with van der Waals surface area (Å²) in [4.78, 5) is 23.2. The molecule has 2 rings (SSSR count). The first-order valence-electron chi connectivity index (χ1n) is 7.56. The van der Waals surface area contributed by atoms with Gasteiger partial charge in [0.15, 0.2) is 11.5 Å². The van der Waals surface area contributed by atoms with Gasteiger partial charge in [0.25, 0.3) is 5.91 Å². The number of nitrogens with two attached hydrogens (primary N) is 1. The molecule has 25 heavy (non-hydrogen) atoms. The van der Waals surface area contributed by atoms with Gasteiger partial charge in [-0.1, -0.05) is 23.7 Å². The molecule has 2 aromatic carbocycles. The van der Waals surface area contributed by atoms with Gasteiger partial charge in [0, 0.05) is 10.6 Å². The van der Waals surface area contributed by atoms with E-state index < -0.39 is 17.9 Å². The molecule has 2 aromatic rings. The van der Waals surface area contributed by atoms with Crippen molar-refractivity contribution in [3.05, 3.63) is 58.6 Å². The fourth-order valence-corrected chi connectivity index (χ4v) is 2.15. The fraction of sp³-hybridized carbons (Fsp3) is 0.222. The minimum atomic E-state index is -0.765. The van der Waals surface area contributed by atoms with Crippen LogP contribution in [0, 0.1) is 0 Å². The Balaban J connectivity index is 2.09. The van der Waals surface area contributed by atoms with Crippen LogP contribution in [0.1, 0.15) is 22.8 Å². The molecular weight excluding hydrogens is 344 g/mol. The van der Waals surface area contributed by atoms with Crippen molar-refractivity contribution < 1.29 is 19.1 Å². The highest BCUT2D eigenvalue weighted by atomic mass is 35.5. The lowest BCUT2D eigenvalue weighted by Gasteiger charge is -2.14. The number of amides is 2. The highest BCUT2D eigenvalue weighted by molar-refractivity contribution is 6.30. The molecule has 0 heterocycles. The minimum Gasteiger partial charge on any atom is -0.493 e. The van der Waals surface area contributed by atoms with Gasteiger partial charge in [-0.05, 0) is 42.8 Å². The number of hydrogen-bond acceptors (Lipinski definition) is 4. The third-order valence-electron chi connectivity index (χ3n) is 3.51. The largest absolute Gasteiger partial charge is 0.493 e. The lowest BCUT2D eigenvalue weighted by molar-refractivity contribution is -0.119. The summed E-state index contributed by atoms with van der Waals surface area (Å²) in [5.74, 6) is -0.123. The molecule has 0 aliphatic carbocycles. The number of carbonyl (C=O) groups excluding carboxylic acids is 2. The van der Waals surface area contributed by atoms with Gasteiger partial charge in [0.2, 0.25) is 5.91 Å². The monoisotopic (exact) mass is 362 g/mol. The molecule has 1 unspecified atom stereocenters. The van der Waals surface area contributed by atoms with E-state index in [9.17, 15) is 9.59 Å². The van der Waals surface area contributed by atoms with Crippen LogP contribution in [-0.2, 0) is 11.4 Å². The Labute approximate surface area is 150 Å². The van der Waals surface area contributed by atoms with Crippen LogP contribution in [0.5, 0.6) is 11.5 Å². The third kappa shape index (κ3) is 5.12. The van der Waals surface area contributed by atoms with Crippen molar-refractivity contribution >= 4 is 23.4 Å². The summed E-state index contributed by atoms with van der Waals surface area (Å²) in [7, 11) is 1.48. The normalized spacial score (nSPS) is 11.5. The number of halogens is 1. The summed E-state index contributed by atoms with van der Waals surface area (Å²) in [5.41, 5.74) is 6.42. The minimum absolute atomic E-state index is 0.331. The number of ether oxygens (including phenoxy) is 2. The number of carbonyl (C=O) groups is 2. The molecule has 0 aliphatic heterocycles. The molecule has 7 heteroatoms. The molecule has 0 aliphatic rings. The highest BCUT2D eigenvalue weighted by Gasteiger charge is 2.16. The van der Waals surface area contributed by atoms with Gasteiger partial charge in [-0.3, -0.25) is 9.59 Å². The van der Waals surface area contributed by atoms with Gasteiger partial charge in [0.1, 0.15) is 12.6 Å². The van der Waals surface area contributed by atoms with Crippen molar-refractivity contribution in [2.45, 2.75) is 19.6 Å². The van der Waals surface area contributed by atoms with Crippen LogP contribution in [0.4, 0.5) is 0 Å². The van der Waals surface area contributed by atoms with E-state index in [4.69, 9.17) is 26.8 Å². The lowest BCUT2D eigenvalue weighted by Crippen LogP contribution is -2.42. The van der Waals surface area contributed by atoms with Crippen LogP contribution in [-0.4, -0.2) is 25.0 Å². The molecule has 3 N–H and O–H groups in total. The molecule has 0 fully saturated rings. The van der Waals surface area contributed by atoms with E-state index in [0.29, 0.717) is 28.7 Å². The molecule has 0 bridgehead atoms. The van der Waals surface area contributed by atoms with Gasteiger partial charge < -0.3 is 20.5 Å². The Hall–Kier alpha value is -2.73. The number of benzene rings is 2. The number of primary amides is 1. The average molecular weight is 363 g/mol. The van der Waals surface area contributed by atoms with Gasteiger partial charge in [-0.2, -0.15) is 0 Å². The van der Waals surface area contributed by atoms with E-state index in [-0.39, 0.29) is 0 Å². The quantitative estimate of drug-likeness (QED) is 0.791. The lowest BCUT2D eigenvalue weighted by atomic mass is 10.1. The van der Waals surface area contributed by atoms with E-state index >= 15 is 0 Å². The number of nitrogens with one attached hydrogen (secondary N) is 1. The van der Waals surface area contributed by atoms with E-state index in [1.165, 1.54) is 14.0 Å². The highest BCUT2D eigenvalue weighted by Crippen LogP contribution is 2.29. The molecule has 0 radical (unpaired) electrons. The Morgan fingerprint density at radius 3 is 2.44 bits per heavy atom. The van der Waals surface area contributed by atoms with Crippen molar-refractivity contribution in [1.82, 2.24) is 5.32 Å². The SMILES string of the molecule is COc1cc(C(=O)NC(C)C(N)=O)ccc1OCc1ccc(Cl)cc1. The van der Waals surface area contributed by atoms with Crippen molar-refractivity contribution in [1.29, 1.82) is 0 Å². The van der Waals surface area contributed by atoms with E-state index in [0.717, 1.165) is 5.56 Å². The molecule has 0 saturated carbocycles. The first-order valence-corrected chi connectivity index (χ1v) is 7.94. The summed E-state index contributed by atoms with van der Waals surface area (Å²) >= 11 is 5.85. The molecule has 2 amide bonds. The van der Waals surface area contributed by atoms with Gasteiger partial charge >= 0.3 is 0 Å². The zero-order chi connectivity index (χ0) is 18.4. The number of methoxy groups -OCH3 is 1. The van der Waals surface area contributed by atoms with E-state index in [2.05, 4.69) is 5.32 Å². The summed E-state index contributed by atoms with van der Waals surface area (Å²) in [5, 5.41) is 3.16. The first-order chi connectivity index (χ1) is 11.9. The molecule has 0 saturated heterocycles. The fourth-order valence-electron chi connectivity index (χ4n) is 2.02. The van der Waals surface area contributed by atoms with Crippen LogP contribution in [0.25, 0.3) is 0 Å². The second-order valence-electron chi connectivity index (χ2n) is 5.38. The zero-order valence-corrected chi connectivity index (χ0v) is 14.7. The first kappa shape index (κ1) is 18.6. The van der Waals surface area contributed by atoms with Crippen LogP contribution in [0.2, 0.25) is 5.02 Å². The molecule has 6 nitrogen and oxygen atoms in total. The predicted molar refractivity (Wildman–Crippen MR) is 94.9 cm³/mol. The summed E-state index contributed by atoms with van der Waals surface area (Å²) in [6.07, 6.45) is 0. The second kappa shape index (κ2) is 8.39. The van der Waals surface area contributed by atoms with Gasteiger partial charge in [-0.15, -0.1) is 0 Å². The molecule has 0 aromatic heterocycles.